The van der Waals surface area contributed by atoms with Gasteiger partial charge < -0.3 is 15.1 Å². The van der Waals surface area contributed by atoms with Crippen LogP contribution in [0.1, 0.15) is 90.7 Å². The van der Waals surface area contributed by atoms with E-state index in [2.05, 4.69) is 5.32 Å². The number of allylic oxidation sites excluding steroid dienone is 1. The Balaban J connectivity index is 1.07. The Kier molecular flexibility index (Phi) is 10.6. The molecule has 1 spiro atoms. The van der Waals surface area contributed by atoms with E-state index in [1.807, 2.05) is 0 Å². The highest BCUT2D eigenvalue weighted by Gasteiger charge is 2.70. The molecule has 384 valence electrons. The van der Waals surface area contributed by atoms with Gasteiger partial charge in [0.15, 0.2) is 0 Å². The summed E-state index contributed by atoms with van der Waals surface area (Å²) in [6.45, 7) is -24.7. The number of carbonyl (C=O) groups is 1. The van der Waals surface area contributed by atoms with Gasteiger partial charge in [-0.25, -0.2) is 30.3 Å². The van der Waals surface area contributed by atoms with Gasteiger partial charge in [0.2, 0.25) is 0 Å². The van der Waals surface area contributed by atoms with Crippen LogP contribution in [0.3, 0.4) is 0 Å². The van der Waals surface area contributed by atoms with E-state index in [4.69, 9.17) is 33.5 Å². The van der Waals surface area contributed by atoms with Crippen LogP contribution in [0.4, 0.5) is 33.3 Å². The fourth-order valence-corrected chi connectivity index (χ4v) is 11.2. The van der Waals surface area contributed by atoms with Crippen molar-refractivity contribution in [3.63, 3.8) is 0 Å². The zero-order chi connectivity index (χ0) is 65.3. The zero-order valence-electron chi connectivity index (χ0n) is 54.3. The molecule has 1 amide bonds. The summed E-state index contributed by atoms with van der Waals surface area (Å²) in [5.74, 6) is -4.85. The van der Waals surface area contributed by atoms with Gasteiger partial charge in [-0.2, -0.15) is 13.2 Å². The molecule has 2 aliphatic carbocycles. The largest absolute Gasteiger partial charge is 0.501 e. The Labute approximate surface area is 445 Å². The maximum atomic E-state index is 14.9. The number of piperazine rings is 2. The SMILES string of the molecule is [2H]C1([2H])N(CC2=C(c3ccc(Cl)cc3)CCC3(C2)CC3(F)F)C([2H])([2H])C([2H])([2H])N(c2ccc(C(=O)NS(=O)(=O)c3ccc(NC(CCN4C([2H])([2H])C([2H])([2H])N(C(C)(C)C)C([2H])([2H])C4([2H])[2H])CSc4ccccc4)c(S(=O)(=O)C(F)(F)F)c3)cc2)C1([2H])[2H]. The molecule has 4 aliphatic rings. The lowest BCUT2D eigenvalue weighted by molar-refractivity contribution is -0.0436. The van der Waals surface area contributed by atoms with Crippen molar-refractivity contribution in [3.05, 3.63) is 119 Å². The average Bonchev–Trinajstić information content (AvgIpc) is 1.20. The van der Waals surface area contributed by atoms with Crippen LogP contribution in [0.25, 0.3) is 5.57 Å². The number of sulfone groups is 1. The second kappa shape index (κ2) is 20.9. The molecule has 2 saturated heterocycles. The molecule has 4 aromatic carbocycles. The van der Waals surface area contributed by atoms with Gasteiger partial charge in [0, 0.05) is 132 Å². The van der Waals surface area contributed by atoms with Gasteiger partial charge in [-0.05, 0) is 124 Å². The summed E-state index contributed by atoms with van der Waals surface area (Å²) < 4.78 is 273. The highest BCUT2D eigenvalue weighted by molar-refractivity contribution is 7.99. The number of carbonyl (C=O) groups excluding carboxylic acids is 1. The standard InChI is InChI=1S/C51H60ClF5N6O5S3/c1-48(2,3)63-29-25-60(26-30-63)22-20-40(34-69-42-7-5-4-6-8-42)58-45-18-17-43(31-46(45)70(65,66)51(55,56)57)71(67,68)59-47(64)37-11-15-41(16-12-37)62-27-23-61(24-28-62)33-38-32-49(35-50(49,53)54)21-19-44(38)36-9-13-39(52)14-10-36/h4-18,31,40,58H,19-30,32-35H2,1-3H3,(H,59,64)/i23D2,24D2,25D2,26D2,27D2,28D2,29D2,30D2. The number of anilines is 2. The van der Waals surface area contributed by atoms with Crippen molar-refractivity contribution < 1.29 is 65.5 Å². The second-order valence-corrected chi connectivity index (χ2v) is 23.4. The maximum Gasteiger partial charge on any atom is 0.501 e. The number of hydrogen-bond donors (Lipinski definition) is 2. The number of alkyl halides is 5. The molecular formula is C51H60ClF5N6O5S3. The number of rotatable bonds is 16. The number of benzene rings is 4. The number of halogens is 6. The normalized spacial score (nSPS) is 30.1. The average molecular weight is 1080 g/mol. The number of nitrogens with zero attached hydrogens (tertiary/aromatic N) is 4. The minimum atomic E-state index is -6.53. The molecule has 2 aliphatic heterocycles. The first-order chi connectivity index (χ1) is 39.5. The van der Waals surface area contributed by atoms with E-state index in [1.54, 1.807) is 47.2 Å². The first-order valence-corrected chi connectivity index (χ1v) is 26.4. The minimum absolute atomic E-state index is 0.0356. The summed E-state index contributed by atoms with van der Waals surface area (Å²) in [6, 6.07) is 17.7. The van der Waals surface area contributed by atoms with E-state index in [-0.39, 0.29) is 41.6 Å². The van der Waals surface area contributed by atoms with Crippen molar-refractivity contribution in [3.8, 4) is 0 Å². The van der Waals surface area contributed by atoms with Crippen LogP contribution in [0.15, 0.2) is 117 Å². The Hall–Kier alpha value is -4.24. The van der Waals surface area contributed by atoms with E-state index in [0.29, 0.717) is 47.9 Å². The summed E-state index contributed by atoms with van der Waals surface area (Å²) in [5.41, 5.74) is -10.2. The lowest BCUT2D eigenvalue weighted by Gasteiger charge is -2.42. The van der Waals surface area contributed by atoms with Gasteiger partial charge in [-0.3, -0.25) is 14.6 Å². The van der Waals surface area contributed by atoms with Gasteiger partial charge in [-0.1, -0.05) is 47.5 Å². The Morgan fingerprint density at radius 2 is 1.48 bits per heavy atom. The number of thioether (sulfide) groups is 1. The number of amides is 1. The third-order valence-corrected chi connectivity index (χ3v) is 16.5. The van der Waals surface area contributed by atoms with Crippen molar-refractivity contribution in [1.29, 1.82) is 0 Å². The molecule has 0 aromatic heterocycles. The van der Waals surface area contributed by atoms with Crippen molar-refractivity contribution in [2.45, 2.75) is 90.6 Å². The van der Waals surface area contributed by atoms with E-state index >= 15 is 0 Å². The lowest BCUT2D eigenvalue weighted by atomic mass is 9.78. The monoisotopic (exact) mass is 1080 g/mol. The molecule has 1 saturated carbocycles. The van der Waals surface area contributed by atoms with Crippen molar-refractivity contribution in [1.82, 2.24) is 19.4 Å². The maximum absolute atomic E-state index is 14.9. The molecule has 71 heavy (non-hydrogen) atoms. The Bertz CT molecular complexity index is 3520. The quantitative estimate of drug-likeness (QED) is 0.0824. The molecule has 2 unspecified atom stereocenters. The minimum Gasteiger partial charge on any atom is -0.380 e. The first-order valence-electron chi connectivity index (χ1n) is 30.1. The molecule has 3 fully saturated rings. The van der Waals surface area contributed by atoms with Crippen LogP contribution in [0, 0.1) is 5.41 Å². The van der Waals surface area contributed by atoms with Gasteiger partial charge in [0.1, 0.15) is 4.90 Å². The zero-order valence-corrected chi connectivity index (χ0v) is 41.5. The summed E-state index contributed by atoms with van der Waals surface area (Å²) >= 11 is 7.14. The molecule has 11 nitrogen and oxygen atoms in total. The van der Waals surface area contributed by atoms with E-state index in [0.717, 1.165) is 36.0 Å². The molecule has 4 aromatic rings. The molecular weight excluding hydrogens is 1000 g/mol. The third-order valence-electron chi connectivity index (χ3n) is 12.2. The summed E-state index contributed by atoms with van der Waals surface area (Å²) in [6.07, 6.45) is -1.28. The Morgan fingerprint density at radius 3 is 2.08 bits per heavy atom. The van der Waals surface area contributed by atoms with Crippen LogP contribution in [0.2, 0.25) is 5.02 Å². The van der Waals surface area contributed by atoms with Crippen LogP contribution in [-0.2, 0) is 19.9 Å². The predicted molar refractivity (Wildman–Crippen MR) is 271 cm³/mol. The summed E-state index contributed by atoms with van der Waals surface area (Å²) in [5, 5.41) is 2.95. The van der Waals surface area contributed by atoms with Gasteiger partial charge >= 0.3 is 5.51 Å². The highest BCUT2D eigenvalue weighted by Crippen LogP contribution is 2.68. The molecule has 20 heteroatoms. The molecule has 8 rings (SSSR count). The topological polar surface area (TPSA) is 122 Å². The highest BCUT2D eigenvalue weighted by atomic mass is 35.5. The van der Waals surface area contributed by atoms with Crippen LogP contribution in [0.5, 0.6) is 0 Å². The van der Waals surface area contributed by atoms with Gasteiger partial charge in [0.05, 0.1) is 16.1 Å². The molecule has 0 radical (unpaired) electrons. The van der Waals surface area contributed by atoms with E-state index in [1.165, 1.54) is 32.9 Å². The van der Waals surface area contributed by atoms with Crippen LogP contribution in [-0.4, -0.2) is 131 Å². The van der Waals surface area contributed by atoms with Crippen LogP contribution < -0.4 is 14.9 Å². The van der Waals surface area contributed by atoms with Gasteiger partial charge in [-0.15, -0.1) is 11.8 Å². The Morgan fingerprint density at radius 1 is 0.845 bits per heavy atom. The molecule has 2 atom stereocenters. The first kappa shape index (κ1) is 35.8. The van der Waals surface area contributed by atoms with Crippen molar-refractivity contribution in [2.24, 2.45) is 5.41 Å². The van der Waals surface area contributed by atoms with E-state index in [9.17, 15) is 43.6 Å². The lowest BCUT2D eigenvalue weighted by Crippen LogP contribution is -2.53. The molecule has 0 bridgehead atoms. The number of nitrogens with one attached hydrogen (secondary N) is 2. The predicted octanol–water partition coefficient (Wildman–Crippen LogP) is 9.92. The third kappa shape index (κ3) is 12.4. The number of hydrogen-bond acceptors (Lipinski definition) is 11. The molecule has 2 heterocycles. The summed E-state index contributed by atoms with van der Waals surface area (Å²) in [7, 11) is -11.9. The molecule has 2 N–H and O–H groups in total. The van der Waals surface area contributed by atoms with Gasteiger partial charge in [0.25, 0.3) is 31.7 Å². The second-order valence-electron chi connectivity index (χ2n) is 18.2. The van der Waals surface area contributed by atoms with E-state index < -0.39 is 159 Å². The van der Waals surface area contributed by atoms with Crippen molar-refractivity contribution >= 4 is 66.1 Å². The fraction of sp³-hybridized carbons (Fsp3) is 0.471. The summed E-state index contributed by atoms with van der Waals surface area (Å²) in [4.78, 5) is 12.5. The smallest absolute Gasteiger partial charge is 0.380 e. The fourth-order valence-electron chi connectivity index (χ4n) is 8.09. The number of sulfonamides is 1. The van der Waals surface area contributed by atoms with Crippen molar-refractivity contribution in [2.75, 3.05) is 81.0 Å². The van der Waals surface area contributed by atoms with Crippen LogP contribution >= 0.6 is 23.4 Å².